The molecule has 1 nitrogen and oxygen atoms in total. The van der Waals surface area contributed by atoms with Crippen molar-refractivity contribution in [1.29, 1.82) is 0 Å². The Morgan fingerprint density at radius 3 is 2.41 bits per heavy atom. The molecule has 17 heavy (non-hydrogen) atoms. The predicted molar refractivity (Wildman–Crippen MR) is 68.3 cm³/mol. The normalized spacial score (nSPS) is 16.7. The van der Waals surface area contributed by atoms with Gasteiger partial charge in [-0.15, -0.1) is 24.7 Å². The summed E-state index contributed by atoms with van der Waals surface area (Å²) in [4.78, 5) is 12.3. The molecule has 1 aliphatic rings. The molecule has 0 heterocycles. The van der Waals surface area contributed by atoms with Crippen LogP contribution in [-0.2, 0) is 16.6 Å². The van der Waals surface area contributed by atoms with Crippen LogP contribution in [0.25, 0.3) is 0 Å². The molecule has 0 N–H and O–H groups in total. The fraction of sp³-hybridized carbons (Fsp3) is 0.312. The van der Waals surface area contributed by atoms with Crippen molar-refractivity contribution in [3.8, 4) is 24.7 Å². The number of terminal acetylenes is 2. The molecule has 0 unspecified atom stereocenters. The molecule has 0 spiro atoms. The summed E-state index contributed by atoms with van der Waals surface area (Å²) in [6.45, 7) is 0. The summed E-state index contributed by atoms with van der Waals surface area (Å²) in [5.41, 5.74) is 1.60. The van der Waals surface area contributed by atoms with Gasteiger partial charge in [-0.2, -0.15) is 0 Å². The third kappa shape index (κ3) is 1.75. The number of rotatable bonds is 2. The Labute approximate surface area is 102 Å². The number of aryl methyl sites for hydroxylation is 1. The smallest absolute Gasteiger partial charge is 0.145 e. The summed E-state index contributed by atoms with van der Waals surface area (Å²) in [7, 11) is 0. The van der Waals surface area contributed by atoms with Gasteiger partial charge in [0.2, 0.25) is 0 Å². The fourth-order valence-electron chi connectivity index (χ4n) is 2.64. The lowest BCUT2D eigenvalue weighted by Crippen LogP contribution is -2.39. The van der Waals surface area contributed by atoms with Crippen LogP contribution in [0.4, 0.5) is 0 Å². The Morgan fingerprint density at radius 2 is 1.76 bits per heavy atom. The van der Waals surface area contributed by atoms with Crippen LogP contribution in [0.15, 0.2) is 24.3 Å². The second kappa shape index (κ2) is 4.48. The standard InChI is InChI=1S/C16H14O/c1-3-11-16(12-4-2)14-8-6-5-7-13(14)9-10-15(16)17/h1-2,5-8H,9-12H2. The molecule has 0 amide bonds. The minimum absolute atomic E-state index is 0.187. The largest absolute Gasteiger partial charge is 0.299 e. The van der Waals surface area contributed by atoms with E-state index in [-0.39, 0.29) is 5.78 Å². The van der Waals surface area contributed by atoms with Gasteiger partial charge in [0.15, 0.2) is 0 Å². The third-order valence-electron chi connectivity index (χ3n) is 3.50. The number of carbonyl (C=O) groups excluding carboxylic acids is 1. The maximum Gasteiger partial charge on any atom is 0.145 e. The van der Waals surface area contributed by atoms with Crippen molar-refractivity contribution >= 4 is 5.78 Å². The number of carbonyl (C=O) groups is 1. The first-order valence-corrected chi connectivity index (χ1v) is 5.73. The number of fused-ring (bicyclic) bond motifs is 1. The van der Waals surface area contributed by atoms with Gasteiger partial charge < -0.3 is 0 Å². The molecule has 0 radical (unpaired) electrons. The third-order valence-corrected chi connectivity index (χ3v) is 3.50. The van der Waals surface area contributed by atoms with Gasteiger partial charge in [0.1, 0.15) is 5.78 Å². The van der Waals surface area contributed by atoms with E-state index in [1.165, 1.54) is 5.56 Å². The molecule has 0 saturated carbocycles. The molecule has 1 aromatic rings. The predicted octanol–water partition coefficient (Wildman–Crippen LogP) is 2.49. The average Bonchev–Trinajstić information content (AvgIpc) is 2.35. The molecular weight excluding hydrogens is 208 g/mol. The van der Waals surface area contributed by atoms with Crippen molar-refractivity contribution in [1.82, 2.24) is 0 Å². The second-order valence-corrected chi connectivity index (χ2v) is 4.42. The van der Waals surface area contributed by atoms with Crippen LogP contribution >= 0.6 is 0 Å². The van der Waals surface area contributed by atoms with Crippen LogP contribution in [0, 0.1) is 24.7 Å². The highest BCUT2D eigenvalue weighted by Gasteiger charge is 2.42. The average molecular weight is 222 g/mol. The lowest BCUT2D eigenvalue weighted by atomic mass is 9.65. The summed E-state index contributed by atoms with van der Waals surface area (Å²) in [6.07, 6.45) is 13.0. The zero-order valence-corrected chi connectivity index (χ0v) is 9.70. The zero-order valence-electron chi connectivity index (χ0n) is 9.70. The van der Waals surface area contributed by atoms with Gasteiger partial charge in [-0.3, -0.25) is 4.79 Å². The highest BCUT2D eigenvalue weighted by Crippen LogP contribution is 2.39. The van der Waals surface area contributed by atoms with Crippen LogP contribution in [0.2, 0.25) is 0 Å². The van der Waals surface area contributed by atoms with E-state index < -0.39 is 5.41 Å². The number of hydrogen-bond donors (Lipinski definition) is 0. The molecule has 0 atom stereocenters. The van der Waals surface area contributed by atoms with Gasteiger partial charge in [0.25, 0.3) is 0 Å². The summed E-state index contributed by atoms with van der Waals surface area (Å²) < 4.78 is 0. The van der Waals surface area contributed by atoms with E-state index in [1.54, 1.807) is 0 Å². The van der Waals surface area contributed by atoms with Crippen molar-refractivity contribution in [2.24, 2.45) is 0 Å². The van der Waals surface area contributed by atoms with Crippen molar-refractivity contribution in [2.45, 2.75) is 31.1 Å². The van der Waals surface area contributed by atoms with E-state index >= 15 is 0 Å². The van der Waals surface area contributed by atoms with Gasteiger partial charge in [-0.25, -0.2) is 0 Å². The maximum atomic E-state index is 12.3. The summed E-state index contributed by atoms with van der Waals surface area (Å²) in [5, 5.41) is 0. The lowest BCUT2D eigenvalue weighted by Gasteiger charge is -2.35. The maximum absolute atomic E-state index is 12.3. The van der Waals surface area contributed by atoms with Gasteiger partial charge >= 0.3 is 0 Å². The monoisotopic (exact) mass is 222 g/mol. The first-order chi connectivity index (χ1) is 8.24. The molecule has 0 bridgehead atoms. The van der Waals surface area contributed by atoms with Gasteiger partial charge in [-0.1, -0.05) is 24.3 Å². The quantitative estimate of drug-likeness (QED) is 0.703. The van der Waals surface area contributed by atoms with Crippen LogP contribution < -0.4 is 0 Å². The van der Waals surface area contributed by atoms with Crippen molar-refractivity contribution in [3.63, 3.8) is 0 Å². The van der Waals surface area contributed by atoms with E-state index in [4.69, 9.17) is 12.8 Å². The number of ketones is 1. The molecule has 0 aliphatic heterocycles. The van der Waals surface area contributed by atoms with Gasteiger partial charge in [-0.05, 0) is 17.5 Å². The van der Waals surface area contributed by atoms with Gasteiger partial charge in [0, 0.05) is 19.3 Å². The van der Waals surface area contributed by atoms with E-state index in [9.17, 15) is 4.79 Å². The molecule has 1 heteroatoms. The highest BCUT2D eigenvalue weighted by molar-refractivity contribution is 5.93. The van der Waals surface area contributed by atoms with Crippen LogP contribution in [0.5, 0.6) is 0 Å². The Balaban J connectivity index is 2.61. The van der Waals surface area contributed by atoms with Crippen LogP contribution in [0.1, 0.15) is 30.4 Å². The highest BCUT2D eigenvalue weighted by atomic mass is 16.1. The minimum atomic E-state index is -0.641. The Morgan fingerprint density at radius 1 is 1.12 bits per heavy atom. The van der Waals surface area contributed by atoms with Gasteiger partial charge in [0.05, 0.1) is 5.41 Å². The van der Waals surface area contributed by atoms with E-state index in [0.717, 1.165) is 12.0 Å². The van der Waals surface area contributed by atoms with E-state index in [1.807, 2.05) is 18.2 Å². The SMILES string of the molecule is C#CCC1(CC#C)C(=O)CCc2ccccc21. The molecule has 84 valence electrons. The molecule has 0 aromatic heterocycles. The molecule has 1 aromatic carbocycles. The second-order valence-electron chi connectivity index (χ2n) is 4.42. The first-order valence-electron chi connectivity index (χ1n) is 5.73. The Kier molecular flexibility index (Phi) is 3.03. The van der Waals surface area contributed by atoms with Crippen molar-refractivity contribution in [2.75, 3.05) is 0 Å². The van der Waals surface area contributed by atoms with Crippen LogP contribution in [0.3, 0.4) is 0 Å². The summed E-state index contributed by atoms with van der Waals surface area (Å²) in [5.74, 6) is 5.42. The molecule has 1 aliphatic carbocycles. The molecular formula is C16H14O. The molecule has 0 saturated heterocycles. The fourth-order valence-corrected chi connectivity index (χ4v) is 2.64. The van der Waals surface area contributed by atoms with Crippen LogP contribution in [-0.4, -0.2) is 5.78 Å². The van der Waals surface area contributed by atoms with E-state index in [0.29, 0.717) is 19.3 Å². The Hall–Kier alpha value is -1.99. The summed E-state index contributed by atoms with van der Waals surface area (Å²) in [6, 6.07) is 7.98. The Bertz CT molecular complexity index is 509. The number of hydrogen-bond acceptors (Lipinski definition) is 1. The van der Waals surface area contributed by atoms with Crippen molar-refractivity contribution < 1.29 is 4.79 Å². The van der Waals surface area contributed by atoms with E-state index in [2.05, 4.69) is 17.9 Å². The molecule has 0 fully saturated rings. The lowest BCUT2D eigenvalue weighted by molar-refractivity contribution is -0.125. The van der Waals surface area contributed by atoms with Crippen molar-refractivity contribution in [3.05, 3.63) is 35.4 Å². The minimum Gasteiger partial charge on any atom is -0.299 e. The zero-order chi connectivity index (χ0) is 12.3. The summed E-state index contributed by atoms with van der Waals surface area (Å²) >= 11 is 0. The number of benzene rings is 1. The topological polar surface area (TPSA) is 17.1 Å². The molecule has 2 rings (SSSR count). The first kappa shape index (κ1) is 11.5. The number of Topliss-reactive ketones (excluding diaryl/α,β-unsaturated/α-hetero) is 1.